The number of halogens is 2. The van der Waals surface area contributed by atoms with Crippen LogP contribution in [0.2, 0.25) is 0 Å². The quantitative estimate of drug-likeness (QED) is 0.732. The predicted molar refractivity (Wildman–Crippen MR) is 97.0 cm³/mol. The van der Waals surface area contributed by atoms with Gasteiger partial charge in [-0.1, -0.05) is 31.7 Å². The zero-order chi connectivity index (χ0) is 14.9. The van der Waals surface area contributed by atoms with Gasteiger partial charge in [0.05, 0.1) is 23.7 Å². The van der Waals surface area contributed by atoms with Crippen LogP contribution in [-0.4, -0.2) is 29.7 Å². The molecule has 3 aromatic rings. The minimum atomic E-state index is -0.264. The highest BCUT2D eigenvalue weighted by atomic mass is 35.5. The van der Waals surface area contributed by atoms with Crippen LogP contribution in [0.15, 0.2) is 42.5 Å². The van der Waals surface area contributed by atoms with Gasteiger partial charge in [0.15, 0.2) is 0 Å². The van der Waals surface area contributed by atoms with Crippen LogP contribution < -0.4 is 5.32 Å². The van der Waals surface area contributed by atoms with Crippen LogP contribution in [0.4, 0.5) is 4.39 Å². The molecule has 0 radical (unpaired) electrons. The lowest BCUT2D eigenvalue weighted by molar-refractivity contribution is 0.0277. The van der Waals surface area contributed by atoms with Gasteiger partial charge in [0, 0.05) is 18.7 Å². The summed E-state index contributed by atoms with van der Waals surface area (Å²) in [4.78, 5) is 7.66. The molecule has 6 heteroatoms. The first kappa shape index (κ1) is 18.4. The Morgan fingerprint density at radius 3 is 2.62 bits per heavy atom. The average Bonchev–Trinajstić information content (AvgIpc) is 2.99. The van der Waals surface area contributed by atoms with E-state index in [1.807, 2.05) is 12.1 Å². The molecule has 1 aliphatic heterocycles. The number of aromatic amines is 1. The molecule has 1 fully saturated rings. The van der Waals surface area contributed by atoms with E-state index in [0.717, 1.165) is 42.2 Å². The lowest BCUT2D eigenvalue weighted by atomic mass is 10.1. The van der Waals surface area contributed by atoms with Crippen molar-refractivity contribution < 1.29 is 9.13 Å². The summed E-state index contributed by atoms with van der Waals surface area (Å²) in [5.41, 5.74) is 3.60. The fraction of sp³-hybridized carbons (Fsp3) is 0.278. The molecule has 1 aromatic heterocycles. The van der Waals surface area contributed by atoms with Gasteiger partial charge in [-0.3, -0.25) is 0 Å². The highest BCUT2D eigenvalue weighted by Gasteiger charge is 2.15. The molecule has 0 aliphatic carbocycles. The highest BCUT2D eigenvalue weighted by molar-refractivity contribution is 5.85. The van der Waals surface area contributed by atoms with E-state index in [-0.39, 0.29) is 31.8 Å². The Kier molecular flexibility index (Phi) is 5.94. The molecular formula is C18H21ClFN3O. The summed E-state index contributed by atoms with van der Waals surface area (Å²) < 4.78 is 19.0. The van der Waals surface area contributed by atoms with Crippen molar-refractivity contribution >= 4 is 23.4 Å². The molecule has 0 spiro atoms. The van der Waals surface area contributed by atoms with Gasteiger partial charge in [0.2, 0.25) is 0 Å². The van der Waals surface area contributed by atoms with Crippen molar-refractivity contribution in [1.29, 1.82) is 0 Å². The van der Waals surface area contributed by atoms with E-state index in [2.05, 4.69) is 27.4 Å². The van der Waals surface area contributed by atoms with Crippen molar-refractivity contribution in [3.63, 3.8) is 0 Å². The summed E-state index contributed by atoms with van der Waals surface area (Å²) in [6.07, 6.45) is 0.104. The number of nitrogens with one attached hydrogen (secondary N) is 2. The number of ether oxygens (including phenoxy) is 1. The summed E-state index contributed by atoms with van der Waals surface area (Å²) >= 11 is 0. The van der Waals surface area contributed by atoms with Crippen molar-refractivity contribution in [2.75, 3.05) is 19.7 Å². The molecule has 0 saturated carbocycles. The second-order valence-electron chi connectivity index (χ2n) is 5.43. The van der Waals surface area contributed by atoms with E-state index < -0.39 is 0 Å². The Morgan fingerprint density at radius 1 is 1.12 bits per heavy atom. The number of benzene rings is 2. The smallest absolute Gasteiger partial charge is 0.138 e. The Balaban J connectivity index is 0.00000104. The van der Waals surface area contributed by atoms with E-state index >= 15 is 0 Å². The second kappa shape index (κ2) is 7.75. The molecule has 2 heterocycles. The number of H-pyrrole nitrogens is 1. The van der Waals surface area contributed by atoms with E-state index in [4.69, 9.17) is 4.74 Å². The molecule has 128 valence electrons. The summed E-state index contributed by atoms with van der Waals surface area (Å²) in [6, 6.07) is 12.7. The van der Waals surface area contributed by atoms with Crippen molar-refractivity contribution in [2.45, 2.75) is 13.5 Å². The zero-order valence-electron chi connectivity index (χ0n) is 12.4. The predicted octanol–water partition coefficient (Wildman–Crippen LogP) is 4.09. The highest BCUT2D eigenvalue weighted by Crippen LogP contribution is 2.24. The number of rotatable bonds is 2. The van der Waals surface area contributed by atoms with Crippen molar-refractivity contribution in [3.05, 3.63) is 53.8 Å². The Morgan fingerprint density at radius 2 is 1.92 bits per heavy atom. The maximum Gasteiger partial charge on any atom is 0.138 e. The monoisotopic (exact) mass is 349 g/mol. The van der Waals surface area contributed by atoms with E-state index in [1.54, 1.807) is 6.07 Å². The summed E-state index contributed by atoms with van der Waals surface area (Å²) in [7, 11) is 0. The van der Waals surface area contributed by atoms with E-state index in [1.165, 1.54) is 12.1 Å². The van der Waals surface area contributed by atoms with Crippen LogP contribution >= 0.6 is 12.4 Å². The van der Waals surface area contributed by atoms with Gasteiger partial charge in [-0.25, -0.2) is 9.37 Å². The molecule has 2 N–H and O–H groups in total. The third-order valence-corrected chi connectivity index (χ3v) is 3.93. The molecule has 24 heavy (non-hydrogen) atoms. The molecule has 1 aliphatic rings. The van der Waals surface area contributed by atoms with Gasteiger partial charge < -0.3 is 15.0 Å². The van der Waals surface area contributed by atoms with Gasteiger partial charge in [0.1, 0.15) is 11.6 Å². The third kappa shape index (κ3) is 3.59. The SMILES string of the molecule is C.Cl.Fc1ccc2nc(-c3ccc([C@H]4CNCCO4)cc3)[nH]c2c1. The fourth-order valence-electron chi connectivity index (χ4n) is 2.75. The lowest BCUT2D eigenvalue weighted by Gasteiger charge is -2.24. The standard InChI is InChI=1S/C17H16FN3O.CH4.ClH/c18-13-5-6-14-15(9-13)21-17(20-14)12-3-1-11(2-4-12)16-10-19-7-8-22-16;;/h1-6,9,16,19H,7-8,10H2,(H,20,21);1H4;1H/t16-;;/m1../s1. The van der Waals surface area contributed by atoms with Crippen LogP contribution in [0.25, 0.3) is 22.4 Å². The van der Waals surface area contributed by atoms with Crippen molar-refractivity contribution in [1.82, 2.24) is 15.3 Å². The first-order valence-electron chi connectivity index (χ1n) is 7.37. The van der Waals surface area contributed by atoms with Crippen molar-refractivity contribution in [3.8, 4) is 11.4 Å². The Hall–Kier alpha value is -1.95. The minimum Gasteiger partial charge on any atom is -0.371 e. The molecular weight excluding hydrogens is 329 g/mol. The summed E-state index contributed by atoms with van der Waals surface area (Å²) in [6.45, 7) is 2.48. The molecule has 4 nitrogen and oxygen atoms in total. The van der Waals surface area contributed by atoms with Crippen LogP contribution in [0.3, 0.4) is 0 Å². The fourth-order valence-corrected chi connectivity index (χ4v) is 2.75. The van der Waals surface area contributed by atoms with E-state index in [9.17, 15) is 4.39 Å². The molecule has 0 bridgehead atoms. The van der Waals surface area contributed by atoms with Gasteiger partial charge in [0.25, 0.3) is 0 Å². The van der Waals surface area contributed by atoms with Gasteiger partial charge in [-0.2, -0.15) is 0 Å². The number of fused-ring (bicyclic) bond motifs is 1. The van der Waals surface area contributed by atoms with Crippen LogP contribution in [-0.2, 0) is 4.74 Å². The number of morpholine rings is 1. The molecule has 1 saturated heterocycles. The number of hydrogen-bond acceptors (Lipinski definition) is 3. The van der Waals surface area contributed by atoms with Crippen LogP contribution in [0.1, 0.15) is 19.1 Å². The minimum absolute atomic E-state index is 0. The lowest BCUT2D eigenvalue weighted by Crippen LogP contribution is -2.33. The summed E-state index contributed by atoms with van der Waals surface area (Å²) in [5, 5.41) is 3.32. The molecule has 0 amide bonds. The first-order chi connectivity index (χ1) is 10.8. The van der Waals surface area contributed by atoms with Gasteiger partial charge >= 0.3 is 0 Å². The van der Waals surface area contributed by atoms with E-state index in [0.29, 0.717) is 5.52 Å². The molecule has 2 aromatic carbocycles. The maximum atomic E-state index is 13.2. The first-order valence-corrected chi connectivity index (χ1v) is 7.37. The number of imidazole rings is 1. The molecule has 4 rings (SSSR count). The number of aromatic nitrogens is 2. The second-order valence-corrected chi connectivity index (χ2v) is 5.43. The topological polar surface area (TPSA) is 49.9 Å². The summed E-state index contributed by atoms with van der Waals surface area (Å²) in [5.74, 6) is 0.481. The van der Waals surface area contributed by atoms with Gasteiger partial charge in [-0.15, -0.1) is 12.4 Å². The molecule has 0 unspecified atom stereocenters. The Bertz CT molecular complexity index is 798. The maximum absolute atomic E-state index is 13.2. The van der Waals surface area contributed by atoms with Crippen molar-refractivity contribution in [2.24, 2.45) is 0 Å². The van der Waals surface area contributed by atoms with Gasteiger partial charge in [-0.05, 0) is 23.8 Å². The Labute approximate surface area is 146 Å². The largest absolute Gasteiger partial charge is 0.371 e. The number of hydrogen-bond donors (Lipinski definition) is 2. The van der Waals surface area contributed by atoms with Crippen LogP contribution in [0.5, 0.6) is 0 Å². The average molecular weight is 350 g/mol. The third-order valence-electron chi connectivity index (χ3n) is 3.93. The van der Waals surface area contributed by atoms with Crippen LogP contribution in [0, 0.1) is 5.82 Å². The zero-order valence-corrected chi connectivity index (χ0v) is 13.2. The normalized spacial score (nSPS) is 17.1. The molecule has 1 atom stereocenters. The number of nitrogens with zero attached hydrogens (tertiary/aromatic N) is 1.